The topological polar surface area (TPSA) is 66.4 Å². The van der Waals surface area contributed by atoms with Crippen molar-refractivity contribution < 1.29 is 19.1 Å². The third kappa shape index (κ3) is 5.61. The van der Waals surface area contributed by atoms with Crippen molar-refractivity contribution in [1.82, 2.24) is 5.32 Å². The molecule has 20 heavy (non-hydrogen) atoms. The Morgan fingerprint density at radius 2 is 1.90 bits per heavy atom. The molecule has 1 aromatic rings. The maximum absolute atomic E-state index is 12.7. The van der Waals surface area contributed by atoms with Gasteiger partial charge in [-0.2, -0.15) is 0 Å². The van der Waals surface area contributed by atoms with Gasteiger partial charge in [0.05, 0.1) is 5.75 Å². The Morgan fingerprint density at radius 1 is 1.30 bits per heavy atom. The van der Waals surface area contributed by atoms with Crippen LogP contribution in [0.1, 0.15) is 19.4 Å². The van der Waals surface area contributed by atoms with Crippen LogP contribution in [-0.4, -0.2) is 28.8 Å². The molecule has 0 aliphatic heterocycles. The molecule has 110 valence electrons. The molecule has 1 atom stereocenters. The standard InChI is InChI=1S/C14H18FNO3S/c1-9(2)13(14(18)19)16-12(17)8-20-7-10-3-5-11(15)6-4-10/h3-6,9,13H,7-8H2,1-2H3,(H,16,17)(H,18,19)/t13-/m1/s1. The van der Waals surface area contributed by atoms with Gasteiger partial charge in [0, 0.05) is 5.75 Å². The van der Waals surface area contributed by atoms with Crippen LogP contribution in [0.3, 0.4) is 0 Å². The third-order valence-corrected chi connectivity index (χ3v) is 3.67. The fourth-order valence-corrected chi connectivity index (χ4v) is 2.37. The molecule has 4 nitrogen and oxygen atoms in total. The first-order valence-electron chi connectivity index (χ1n) is 6.24. The minimum Gasteiger partial charge on any atom is -0.480 e. The molecule has 0 spiro atoms. The van der Waals surface area contributed by atoms with Gasteiger partial charge in [0.2, 0.25) is 5.91 Å². The van der Waals surface area contributed by atoms with Crippen LogP contribution < -0.4 is 5.32 Å². The molecule has 0 unspecified atom stereocenters. The summed E-state index contributed by atoms with van der Waals surface area (Å²) in [4.78, 5) is 22.6. The van der Waals surface area contributed by atoms with E-state index in [9.17, 15) is 14.0 Å². The zero-order chi connectivity index (χ0) is 15.1. The lowest BCUT2D eigenvalue weighted by atomic mass is 10.1. The van der Waals surface area contributed by atoms with E-state index in [0.29, 0.717) is 5.75 Å². The monoisotopic (exact) mass is 299 g/mol. The van der Waals surface area contributed by atoms with Crippen molar-refractivity contribution in [3.05, 3.63) is 35.6 Å². The highest BCUT2D eigenvalue weighted by molar-refractivity contribution is 7.99. The van der Waals surface area contributed by atoms with E-state index in [4.69, 9.17) is 5.11 Å². The second-order valence-electron chi connectivity index (χ2n) is 4.75. The zero-order valence-corrected chi connectivity index (χ0v) is 12.2. The zero-order valence-electron chi connectivity index (χ0n) is 11.4. The van der Waals surface area contributed by atoms with Crippen LogP contribution in [0.15, 0.2) is 24.3 Å². The fourth-order valence-electron chi connectivity index (χ4n) is 1.57. The normalized spacial score (nSPS) is 12.2. The van der Waals surface area contributed by atoms with Gasteiger partial charge >= 0.3 is 5.97 Å². The number of amides is 1. The summed E-state index contributed by atoms with van der Waals surface area (Å²) < 4.78 is 12.7. The number of carbonyl (C=O) groups excluding carboxylic acids is 1. The van der Waals surface area contributed by atoms with Crippen molar-refractivity contribution in [1.29, 1.82) is 0 Å². The van der Waals surface area contributed by atoms with Crippen molar-refractivity contribution >= 4 is 23.6 Å². The second-order valence-corrected chi connectivity index (χ2v) is 5.73. The minimum absolute atomic E-state index is 0.168. The third-order valence-electron chi connectivity index (χ3n) is 2.66. The van der Waals surface area contributed by atoms with Gasteiger partial charge in [0.25, 0.3) is 0 Å². The Balaban J connectivity index is 2.36. The minimum atomic E-state index is -1.03. The van der Waals surface area contributed by atoms with Crippen LogP contribution in [0.4, 0.5) is 4.39 Å². The lowest BCUT2D eigenvalue weighted by Crippen LogP contribution is -2.45. The van der Waals surface area contributed by atoms with Gasteiger partial charge < -0.3 is 10.4 Å². The summed E-state index contributed by atoms with van der Waals surface area (Å²) in [5.74, 6) is -1.05. The lowest BCUT2D eigenvalue weighted by Gasteiger charge is -2.17. The summed E-state index contributed by atoms with van der Waals surface area (Å²) in [6.45, 7) is 3.48. The van der Waals surface area contributed by atoms with E-state index in [1.54, 1.807) is 26.0 Å². The number of hydrogen-bond donors (Lipinski definition) is 2. The summed E-state index contributed by atoms with van der Waals surface area (Å²) >= 11 is 1.36. The molecule has 0 saturated heterocycles. The Hall–Kier alpha value is -1.56. The van der Waals surface area contributed by atoms with E-state index in [1.165, 1.54) is 23.9 Å². The van der Waals surface area contributed by atoms with Gasteiger partial charge in [0.1, 0.15) is 11.9 Å². The number of hydrogen-bond acceptors (Lipinski definition) is 3. The quantitative estimate of drug-likeness (QED) is 0.810. The van der Waals surface area contributed by atoms with Crippen LogP contribution in [0.2, 0.25) is 0 Å². The molecule has 2 N–H and O–H groups in total. The number of thioether (sulfide) groups is 1. The van der Waals surface area contributed by atoms with E-state index >= 15 is 0 Å². The number of rotatable bonds is 7. The molecule has 6 heteroatoms. The highest BCUT2D eigenvalue weighted by Gasteiger charge is 2.22. The molecule has 0 aliphatic rings. The Kier molecular flexibility index (Phi) is 6.51. The average molecular weight is 299 g/mol. The Morgan fingerprint density at radius 3 is 2.40 bits per heavy atom. The maximum Gasteiger partial charge on any atom is 0.326 e. The first-order valence-corrected chi connectivity index (χ1v) is 7.40. The smallest absolute Gasteiger partial charge is 0.326 e. The summed E-state index contributed by atoms with van der Waals surface area (Å²) in [6.07, 6.45) is 0. The first-order chi connectivity index (χ1) is 9.40. The van der Waals surface area contributed by atoms with Gasteiger partial charge in [-0.1, -0.05) is 26.0 Å². The highest BCUT2D eigenvalue weighted by Crippen LogP contribution is 2.13. The highest BCUT2D eigenvalue weighted by atomic mass is 32.2. The van der Waals surface area contributed by atoms with Gasteiger partial charge in [-0.3, -0.25) is 4.79 Å². The van der Waals surface area contributed by atoms with Gasteiger partial charge in [0.15, 0.2) is 0 Å². The van der Waals surface area contributed by atoms with E-state index in [0.717, 1.165) is 5.56 Å². The molecule has 0 saturated carbocycles. The van der Waals surface area contributed by atoms with Crippen LogP contribution >= 0.6 is 11.8 Å². The van der Waals surface area contributed by atoms with Gasteiger partial charge in [-0.15, -0.1) is 11.8 Å². The van der Waals surface area contributed by atoms with Gasteiger partial charge in [-0.05, 0) is 23.6 Å². The molecule has 0 aliphatic carbocycles. The molecular formula is C14H18FNO3S. The molecule has 0 fully saturated rings. The van der Waals surface area contributed by atoms with Crippen LogP contribution in [0, 0.1) is 11.7 Å². The average Bonchev–Trinajstić information content (AvgIpc) is 2.37. The van der Waals surface area contributed by atoms with E-state index < -0.39 is 12.0 Å². The summed E-state index contributed by atoms with van der Waals surface area (Å²) in [5.41, 5.74) is 0.919. The molecule has 0 bridgehead atoms. The number of nitrogens with one attached hydrogen (secondary N) is 1. The van der Waals surface area contributed by atoms with Crippen LogP contribution in [0.25, 0.3) is 0 Å². The number of carbonyl (C=O) groups is 2. The maximum atomic E-state index is 12.7. The molecule has 0 radical (unpaired) electrons. The molecule has 1 amide bonds. The lowest BCUT2D eigenvalue weighted by molar-refractivity contribution is -0.142. The summed E-state index contributed by atoms with van der Waals surface area (Å²) in [5, 5.41) is 11.5. The van der Waals surface area contributed by atoms with E-state index in [1.807, 2.05) is 0 Å². The SMILES string of the molecule is CC(C)[C@@H](NC(=O)CSCc1ccc(F)cc1)C(=O)O. The number of carboxylic acids is 1. The first kappa shape index (κ1) is 16.5. The fraction of sp³-hybridized carbons (Fsp3) is 0.429. The number of halogens is 1. The Bertz CT molecular complexity index is 462. The molecule has 1 aromatic carbocycles. The van der Waals surface area contributed by atoms with Crippen molar-refractivity contribution in [3.8, 4) is 0 Å². The predicted octanol–water partition coefficient (Wildman–Crippen LogP) is 2.28. The van der Waals surface area contributed by atoms with Crippen molar-refractivity contribution in [2.45, 2.75) is 25.6 Å². The van der Waals surface area contributed by atoms with Gasteiger partial charge in [-0.25, -0.2) is 9.18 Å². The Labute approximate surface area is 121 Å². The van der Waals surface area contributed by atoms with Crippen LogP contribution in [0.5, 0.6) is 0 Å². The second kappa shape index (κ2) is 7.89. The van der Waals surface area contributed by atoms with Crippen LogP contribution in [-0.2, 0) is 15.3 Å². The van der Waals surface area contributed by atoms with Crippen molar-refractivity contribution in [3.63, 3.8) is 0 Å². The number of benzene rings is 1. The number of aliphatic carboxylic acids is 1. The molecule has 0 heterocycles. The van der Waals surface area contributed by atoms with E-state index in [2.05, 4.69) is 5.32 Å². The van der Waals surface area contributed by atoms with Crippen molar-refractivity contribution in [2.75, 3.05) is 5.75 Å². The molecular weight excluding hydrogens is 281 g/mol. The molecule has 0 aromatic heterocycles. The number of carboxylic acid groups (broad SMARTS) is 1. The largest absolute Gasteiger partial charge is 0.480 e. The van der Waals surface area contributed by atoms with E-state index in [-0.39, 0.29) is 23.4 Å². The summed E-state index contributed by atoms with van der Waals surface area (Å²) in [6, 6.07) is 5.20. The van der Waals surface area contributed by atoms with Crippen molar-refractivity contribution in [2.24, 2.45) is 5.92 Å². The molecule has 1 rings (SSSR count). The predicted molar refractivity (Wildman–Crippen MR) is 77.0 cm³/mol. The summed E-state index contributed by atoms with van der Waals surface area (Å²) in [7, 11) is 0.